The van der Waals surface area contributed by atoms with Crippen LogP contribution in [-0.2, 0) is 6.42 Å². The van der Waals surface area contributed by atoms with Gasteiger partial charge in [0.2, 0.25) is 0 Å². The molecule has 2 heterocycles. The molecule has 1 amide bonds. The molecule has 2 aromatic rings. The minimum absolute atomic E-state index is 0.0347. The molecule has 1 aromatic heterocycles. The van der Waals surface area contributed by atoms with E-state index in [1.807, 2.05) is 19.1 Å². The van der Waals surface area contributed by atoms with Gasteiger partial charge in [-0.2, -0.15) is 0 Å². The highest BCUT2D eigenvalue weighted by Crippen LogP contribution is 2.28. The van der Waals surface area contributed by atoms with Gasteiger partial charge in [0.05, 0.1) is 4.88 Å². The van der Waals surface area contributed by atoms with Gasteiger partial charge in [-0.25, -0.2) is 0 Å². The first-order valence-corrected chi connectivity index (χ1v) is 8.16. The van der Waals surface area contributed by atoms with Crippen LogP contribution < -0.4 is 10.2 Å². The number of amides is 1. The number of benzene rings is 1. The number of anilines is 1. The Morgan fingerprint density at radius 1 is 1.33 bits per heavy atom. The van der Waals surface area contributed by atoms with Crippen LogP contribution in [0, 0.1) is 6.92 Å². The summed E-state index contributed by atoms with van der Waals surface area (Å²) in [5.41, 5.74) is 2.72. The van der Waals surface area contributed by atoms with E-state index < -0.39 is 0 Å². The zero-order valence-electron chi connectivity index (χ0n) is 12.4. The Labute approximate surface area is 129 Å². The van der Waals surface area contributed by atoms with E-state index in [0.29, 0.717) is 12.6 Å². The van der Waals surface area contributed by atoms with E-state index in [1.165, 1.54) is 16.1 Å². The molecule has 0 saturated carbocycles. The smallest absolute Gasteiger partial charge is 0.261 e. The SMILES string of the molecule is Cc1ccc(C(=O)NC[C@H](C)N2CCc3ccccc32)s1. The van der Waals surface area contributed by atoms with Crippen molar-refractivity contribution in [1.82, 2.24) is 5.32 Å². The van der Waals surface area contributed by atoms with E-state index in [1.54, 1.807) is 11.3 Å². The van der Waals surface area contributed by atoms with Gasteiger partial charge in [-0.05, 0) is 44.0 Å². The van der Waals surface area contributed by atoms with Crippen molar-refractivity contribution in [3.63, 3.8) is 0 Å². The summed E-state index contributed by atoms with van der Waals surface area (Å²) in [4.78, 5) is 16.4. The molecule has 1 N–H and O–H groups in total. The molecule has 0 spiro atoms. The normalized spacial score (nSPS) is 14.9. The maximum atomic E-state index is 12.1. The number of rotatable bonds is 4. The van der Waals surface area contributed by atoms with Crippen molar-refractivity contribution in [2.75, 3.05) is 18.0 Å². The number of fused-ring (bicyclic) bond motifs is 1. The summed E-state index contributed by atoms with van der Waals surface area (Å²) in [7, 11) is 0. The number of nitrogens with one attached hydrogen (secondary N) is 1. The van der Waals surface area contributed by atoms with Crippen molar-refractivity contribution in [2.45, 2.75) is 26.3 Å². The van der Waals surface area contributed by atoms with Gasteiger partial charge in [0.15, 0.2) is 0 Å². The first-order valence-electron chi connectivity index (χ1n) is 7.34. The van der Waals surface area contributed by atoms with Crippen LogP contribution in [0.25, 0.3) is 0 Å². The fourth-order valence-electron chi connectivity index (χ4n) is 2.82. The van der Waals surface area contributed by atoms with Crippen LogP contribution in [0.1, 0.15) is 27.0 Å². The number of para-hydroxylation sites is 1. The van der Waals surface area contributed by atoms with E-state index in [4.69, 9.17) is 0 Å². The fourth-order valence-corrected chi connectivity index (χ4v) is 3.60. The Morgan fingerprint density at radius 3 is 2.90 bits per heavy atom. The van der Waals surface area contributed by atoms with Crippen molar-refractivity contribution >= 4 is 22.9 Å². The van der Waals surface area contributed by atoms with Crippen molar-refractivity contribution in [2.24, 2.45) is 0 Å². The molecule has 0 bridgehead atoms. The molecule has 0 fully saturated rings. The summed E-state index contributed by atoms with van der Waals surface area (Å²) in [6.07, 6.45) is 1.10. The summed E-state index contributed by atoms with van der Waals surface area (Å²) < 4.78 is 0. The van der Waals surface area contributed by atoms with E-state index in [0.717, 1.165) is 17.8 Å². The predicted molar refractivity (Wildman–Crippen MR) is 88.3 cm³/mol. The Morgan fingerprint density at radius 2 is 2.14 bits per heavy atom. The lowest BCUT2D eigenvalue weighted by Crippen LogP contribution is -2.41. The molecule has 110 valence electrons. The third-order valence-corrected chi connectivity index (χ3v) is 4.98. The predicted octanol–water partition coefficient (Wildman–Crippen LogP) is 3.24. The molecule has 1 atom stereocenters. The molecular weight excluding hydrogens is 280 g/mol. The lowest BCUT2D eigenvalue weighted by Gasteiger charge is -2.27. The van der Waals surface area contributed by atoms with Crippen molar-refractivity contribution in [1.29, 1.82) is 0 Å². The molecule has 0 unspecified atom stereocenters. The van der Waals surface area contributed by atoms with Crippen molar-refractivity contribution in [3.05, 3.63) is 51.7 Å². The highest BCUT2D eigenvalue weighted by molar-refractivity contribution is 7.13. The van der Waals surface area contributed by atoms with Gasteiger partial charge in [0.25, 0.3) is 5.91 Å². The average Bonchev–Trinajstić information content (AvgIpc) is 3.10. The molecular formula is C17H20N2OS. The number of thiophene rings is 1. The van der Waals surface area contributed by atoms with Gasteiger partial charge < -0.3 is 10.2 Å². The summed E-state index contributed by atoms with van der Waals surface area (Å²) >= 11 is 1.54. The molecule has 0 radical (unpaired) electrons. The summed E-state index contributed by atoms with van der Waals surface area (Å²) in [5, 5.41) is 3.05. The Bertz CT molecular complexity index is 650. The summed E-state index contributed by atoms with van der Waals surface area (Å²) in [6.45, 7) is 5.89. The molecule has 4 heteroatoms. The highest BCUT2D eigenvalue weighted by Gasteiger charge is 2.23. The molecule has 21 heavy (non-hydrogen) atoms. The van der Waals surface area contributed by atoms with Gasteiger partial charge in [-0.15, -0.1) is 11.3 Å². The van der Waals surface area contributed by atoms with Crippen LogP contribution in [0.15, 0.2) is 36.4 Å². The Hall–Kier alpha value is -1.81. The third-order valence-electron chi connectivity index (χ3n) is 3.98. The molecule has 3 nitrogen and oxygen atoms in total. The van der Waals surface area contributed by atoms with Gasteiger partial charge in [-0.1, -0.05) is 18.2 Å². The maximum Gasteiger partial charge on any atom is 0.261 e. The second-order valence-electron chi connectivity index (χ2n) is 5.54. The number of hydrogen-bond acceptors (Lipinski definition) is 3. The van der Waals surface area contributed by atoms with Crippen LogP contribution in [-0.4, -0.2) is 25.0 Å². The third kappa shape index (κ3) is 2.95. The number of hydrogen-bond donors (Lipinski definition) is 1. The maximum absolute atomic E-state index is 12.1. The minimum Gasteiger partial charge on any atom is -0.366 e. The summed E-state index contributed by atoms with van der Waals surface area (Å²) in [5.74, 6) is 0.0347. The average molecular weight is 300 g/mol. The number of aryl methyl sites for hydroxylation is 1. The molecule has 1 aliphatic heterocycles. The topological polar surface area (TPSA) is 32.3 Å². The Balaban J connectivity index is 1.60. The zero-order valence-corrected chi connectivity index (χ0v) is 13.2. The van der Waals surface area contributed by atoms with Gasteiger partial charge in [-0.3, -0.25) is 4.79 Å². The number of nitrogens with zero attached hydrogens (tertiary/aromatic N) is 1. The van der Waals surface area contributed by atoms with Crippen LogP contribution in [0.2, 0.25) is 0 Å². The van der Waals surface area contributed by atoms with Crippen molar-refractivity contribution in [3.8, 4) is 0 Å². The first-order chi connectivity index (χ1) is 10.1. The van der Waals surface area contributed by atoms with Crippen molar-refractivity contribution < 1.29 is 4.79 Å². The van der Waals surface area contributed by atoms with Gasteiger partial charge >= 0.3 is 0 Å². The first kappa shape index (κ1) is 14.1. The monoisotopic (exact) mass is 300 g/mol. The van der Waals surface area contributed by atoms with Gasteiger partial charge in [0.1, 0.15) is 0 Å². The zero-order chi connectivity index (χ0) is 14.8. The van der Waals surface area contributed by atoms with Crippen LogP contribution in [0.3, 0.4) is 0 Å². The fraction of sp³-hybridized carbons (Fsp3) is 0.353. The van der Waals surface area contributed by atoms with E-state index in [-0.39, 0.29) is 5.91 Å². The number of carbonyl (C=O) groups is 1. The summed E-state index contributed by atoms with van der Waals surface area (Å²) in [6, 6.07) is 12.7. The quantitative estimate of drug-likeness (QED) is 0.940. The van der Waals surface area contributed by atoms with Crippen LogP contribution in [0.5, 0.6) is 0 Å². The minimum atomic E-state index is 0.0347. The van der Waals surface area contributed by atoms with Crippen LogP contribution in [0.4, 0.5) is 5.69 Å². The molecule has 0 aliphatic carbocycles. The largest absolute Gasteiger partial charge is 0.366 e. The molecule has 3 rings (SSSR count). The van der Waals surface area contributed by atoms with E-state index >= 15 is 0 Å². The Kier molecular flexibility index (Phi) is 3.97. The lowest BCUT2D eigenvalue weighted by atomic mass is 10.2. The molecule has 0 saturated heterocycles. The molecule has 1 aromatic carbocycles. The lowest BCUT2D eigenvalue weighted by molar-refractivity contribution is 0.0955. The molecule has 1 aliphatic rings. The van der Waals surface area contributed by atoms with Crippen LogP contribution >= 0.6 is 11.3 Å². The van der Waals surface area contributed by atoms with E-state index in [9.17, 15) is 4.79 Å². The second-order valence-corrected chi connectivity index (χ2v) is 6.83. The van der Waals surface area contributed by atoms with E-state index in [2.05, 4.69) is 41.4 Å². The standard InChI is InChI=1S/C17H20N2OS/c1-12(11-18-17(20)16-8-7-13(2)21-16)19-10-9-14-5-3-4-6-15(14)19/h3-8,12H,9-11H2,1-2H3,(H,18,20)/t12-/m0/s1. The van der Waals surface area contributed by atoms with Gasteiger partial charge in [0, 0.05) is 29.7 Å². The second kappa shape index (κ2) is 5.90. The number of carbonyl (C=O) groups excluding carboxylic acids is 1. The highest BCUT2D eigenvalue weighted by atomic mass is 32.1.